The number of rotatable bonds is 12. The number of unbranched alkanes of at least 4 members (excludes halogenated alkanes) is 5. The summed E-state index contributed by atoms with van der Waals surface area (Å²) in [5.41, 5.74) is 0.374. The van der Waals surface area contributed by atoms with Crippen molar-refractivity contribution in [2.24, 2.45) is 5.41 Å². The lowest BCUT2D eigenvalue weighted by Crippen LogP contribution is -2.18. The van der Waals surface area contributed by atoms with Crippen LogP contribution >= 0.6 is 0 Å². The molecule has 0 aliphatic heterocycles. The Kier molecular flexibility index (Phi) is 11.8. The van der Waals surface area contributed by atoms with Crippen molar-refractivity contribution in [1.29, 1.82) is 0 Å². The van der Waals surface area contributed by atoms with Crippen LogP contribution in [0.2, 0.25) is 0 Å². The van der Waals surface area contributed by atoms with Crippen molar-refractivity contribution < 1.29 is 9.53 Å². The van der Waals surface area contributed by atoms with Gasteiger partial charge in [0, 0.05) is 6.42 Å². The maximum Gasteiger partial charge on any atom is 0.305 e. The van der Waals surface area contributed by atoms with Crippen LogP contribution in [0.3, 0.4) is 0 Å². The molecule has 126 valence electrons. The summed E-state index contributed by atoms with van der Waals surface area (Å²) < 4.78 is 5.60. The highest BCUT2D eigenvalue weighted by Gasteiger charge is 2.16. The number of carbonyl (C=O) groups is 1. The average Bonchev–Trinajstić information content (AvgIpc) is 2.40. The number of hydrogen-bond acceptors (Lipinski definition) is 2. The first-order chi connectivity index (χ1) is 9.89. The Morgan fingerprint density at radius 1 is 0.905 bits per heavy atom. The van der Waals surface area contributed by atoms with Gasteiger partial charge in [-0.1, -0.05) is 66.7 Å². The van der Waals surface area contributed by atoms with Gasteiger partial charge in [-0.05, 0) is 37.5 Å². The third-order valence-corrected chi connectivity index (χ3v) is 3.92. The molecule has 2 heteroatoms. The van der Waals surface area contributed by atoms with E-state index < -0.39 is 0 Å². The van der Waals surface area contributed by atoms with E-state index in [1.807, 2.05) is 6.92 Å². The Morgan fingerprint density at radius 2 is 1.48 bits per heavy atom. The third-order valence-electron chi connectivity index (χ3n) is 3.92. The molecule has 0 aromatic carbocycles. The van der Waals surface area contributed by atoms with Crippen LogP contribution in [0.5, 0.6) is 0 Å². The summed E-state index contributed by atoms with van der Waals surface area (Å²) in [6.45, 7) is 10.9. The monoisotopic (exact) mass is 298 g/mol. The summed E-state index contributed by atoms with van der Waals surface area (Å²) >= 11 is 0. The highest BCUT2D eigenvalue weighted by molar-refractivity contribution is 5.69. The molecule has 0 aliphatic carbocycles. The predicted molar refractivity (Wildman–Crippen MR) is 91.5 cm³/mol. The summed E-state index contributed by atoms with van der Waals surface area (Å²) in [4.78, 5) is 11.5. The van der Waals surface area contributed by atoms with Gasteiger partial charge in [-0.3, -0.25) is 4.79 Å². The molecule has 0 N–H and O–H groups in total. The first-order valence-corrected chi connectivity index (χ1v) is 9.08. The van der Waals surface area contributed by atoms with E-state index in [4.69, 9.17) is 4.74 Å². The lowest BCUT2D eigenvalue weighted by atomic mass is 9.89. The van der Waals surface area contributed by atoms with Gasteiger partial charge in [-0.15, -0.1) is 0 Å². The standard InChI is InChI=1S/C19H38O2/c1-6-8-9-10-11-12-14-17(21-18(20)7-2)15-13-16-19(3,4)5/h17H,6-16H2,1-5H3. The molecule has 0 rings (SSSR count). The first kappa shape index (κ1) is 20.5. The fourth-order valence-electron chi connectivity index (χ4n) is 2.54. The van der Waals surface area contributed by atoms with E-state index in [9.17, 15) is 4.79 Å². The van der Waals surface area contributed by atoms with Crippen LogP contribution < -0.4 is 0 Å². The van der Waals surface area contributed by atoms with Crippen molar-refractivity contribution in [2.45, 2.75) is 111 Å². The normalized spacial score (nSPS) is 13.2. The smallest absolute Gasteiger partial charge is 0.305 e. The van der Waals surface area contributed by atoms with Crippen molar-refractivity contribution in [3.63, 3.8) is 0 Å². The van der Waals surface area contributed by atoms with Crippen molar-refractivity contribution in [2.75, 3.05) is 0 Å². The highest BCUT2D eigenvalue weighted by atomic mass is 16.5. The molecule has 1 atom stereocenters. The van der Waals surface area contributed by atoms with E-state index in [1.165, 1.54) is 44.9 Å². The minimum absolute atomic E-state index is 0.0401. The second-order valence-electron chi connectivity index (χ2n) is 7.47. The molecular formula is C19H38O2. The minimum Gasteiger partial charge on any atom is -0.462 e. The van der Waals surface area contributed by atoms with Gasteiger partial charge >= 0.3 is 5.97 Å². The molecule has 0 fully saturated rings. The molecule has 0 aromatic heterocycles. The SMILES string of the molecule is CCCCCCCCC(CCCC(C)(C)C)OC(=O)CC. The van der Waals surface area contributed by atoms with E-state index in [2.05, 4.69) is 27.7 Å². The van der Waals surface area contributed by atoms with Gasteiger partial charge in [-0.25, -0.2) is 0 Å². The molecule has 0 saturated heterocycles. The molecule has 0 aromatic rings. The van der Waals surface area contributed by atoms with Gasteiger partial charge in [0.25, 0.3) is 0 Å². The Bertz CT molecular complexity index is 253. The number of esters is 1. The molecule has 0 bridgehead atoms. The van der Waals surface area contributed by atoms with E-state index >= 15 is 0 Å². The lowest BCUT2D eigenvalue weighted by molar-refractivity contribution is -0.149. The maximum absolute atomic E-state index is 11.5. The second-order valence-corrected chi connectivity index (χ2v) is 7.47. The maximum atomic E-state index is 11.5. The van der Waals surface area contributed by atoms with Gasteiger partial charge in [0.15, 0.2) is 0 Å². The van der Waals surface area contributed by atoms with Gasteiger partial charge in [0.1, 0.15) is 6.10 Å². The molecule has 21 heavy (non-hydrogen) atoms. The van der Waals surface area contributed by atoms with Crippen molar-refractivity contribution >= 4 is 5.97 Å². The number of ether oxygens (including phenoxy) is 1. The molecule has 2 nitrogen and oxygen atoms in total. The zero-order valence-electron chi connectivity index (χ0n) is 15.2. The van der Waals surface area contributed by atoms with Crippen LogP contribution in [-0.4, -0.2) is 12.1 Å². The molecular weight excluding hydrogens is 260 g/mol. The van der Waals surface area contributed by atoms with Crippen LogP contribution in [0.25, 0.3) is 0 Å². The third kappa shape index (κ3) is 14.2. The number of hydrogen-bond donors (Lipinski definition) is 0. The molecule has 0 saturated carbocycles. The van der Waals surface area contributed by atoms with E-state index in [0.29, 0.717) is 11.8 Å². The Hall–Kier alpha value is -0.530. The lowest BCUT2D eigenvalue weighted by Gasteiger charge is -2.21. The van der Waals surface area contributed by atoms with Crippen LogP contribution in [0.15, 0.2) is 0 Å². The highest BCUT2D eigenvalue weighted by Crippen LogP contribution is 2.24. The Morgan fingerprint density at radius 3 is 2.05 bits per heavy atom. The van der Waals surface area contributed by atoms with Crippen molar-refractivity contribution in [3.8, 4) is 0 Å². The molecule has 0 spiro atoms. The van der Waals surface area contributed by atoms with Gasteiger partial charge < -0.3 is 4.74 Å². The molecule has 0 radical (unpaired) electrons. The van der Waals surface area contributed by atoms with Crippen LogP contribution in [0.1, 0.15) is 105 Å². The summed E-state index contributed by atoms with van der Waals surface area (Å²) in [7, 11) is 0. The number of carbonyl (C=O) groups excluding carboxylic acids is 1. The van der Waals surface area contributed by atoms with Crippen molar-refractivity contribution in [1.82, 2.24) is 0 Å². The van der Waals surface area contributed by atoms with Gasteiger partial charge in [-0.2, -0.15) is 0 Å². The molecule has 0 aliphatic rings. The van der Waals surface area contributed by atoms with E-state index in [-0.39, 0.29) is 12.1 Å². The average molecular weight is 299 g/mol. The fraction of sp³-hybridized carbons (Fsp3) is 0.947. The molecule has 1 unspecified atom stereocenters. The fourth-order valence-corrected chi connectivity index (χ4v) is 2.54. The Balaban J connectivity index is 3.94. The minimum atomic E-state index is -0.0401. The Labute approximate surface area is 133 Å². The van der Waals surface area contributed by atoms with E-state index in [1.54, 1.807) is 0 Å². The second kappa shape index (κ2) is 12.1. The molecule has 0 amide bonds. The summed E-state index contributed by atoms with van der Waals surface area (Å²) in [5.74, 6) is -0.0401. The van der Waals surface area contributed by atoms with Gasteiger partial charge in [0.2, 0.25) is 0 Å². The zero-order valence-corrected chi connectivity index (χ0v) is 15.2. The first-order valence-electron chi connectivity index (χ1n) is 9.08. The van der Waals surface area contributed by atoms with Crippen LogP contribution in [0.4, 0.5) is 0 Å². The summed E-state index contributed by atoms with van der Waals surface area (Å²) in [5, 5.41) is 0. The quantitative estimate of drug-likeness (QED) is 0.313. The summed E-state index contributed by atoms with van der Waals surface area (Å²) in [6.07, 6.45) is 12.8. The topological polar surface area (TPSA) is 26.3 Å². The van der Waals surface area contributed by atoms with E-state index in [0.717, 1.165) is 19.3 Å². The predicted octanol–water partition coefficient (Wildman–Crippen LogP) is 6.28. The van der Waals surface area contributed by atoms with Gasteiger partial charge in [0.05, 0.1) is 0 Å². The largest absolute Gasteiger partial charge is 0.462 e. The van der Waals surface area contributed by atoms with Crippen LogP contribution in [0, 0.1) is 5.41 Å². The van der Waals surface area contributed by atoms with Crippen molar-refractivity contribution in [3.05, 3.63) is 0 Å². The van der Waals surface area contributed by atoms with Crippen LogP contribution in [-0.2, 0) is 9.53 Å². The zero-order chi connectivity index (χ0) is 16.1. The molecule has 0 heterocycles. The summed E-state index contributed by atoms with van der Waals surface area (Å²) in [6, 6.07) is 0.